The summed E-state index contributed by atoms with van der Waals surface area (Å²) >= 11 is 1.25. The van der Waals surface area contributed by atoms with Gasteiger partial charge in [-0.25, -0.2) is 8.78 Å². The van der Waals surface area contributed by atoms with Gasteiger partial charge < -0.3 is 5.32 Å². The summed E-state index contributed by atoms with van der Waals surface area (Å²) in [6, 6.07) is 5.82. The van der Waals surface area contributed by atoms with Gasteiger partial charge in [0.1, 0.15) is 17.2 Å². The smallest absolute Gasteiger partial charge is 0.139 e. The van der Waals surface area contributed by atoms with Crippen LogP contribution >= 0.6 is 11.8 Å². The Morgan fingerprint density at radius 2 is 2.22 bits per heavy atom. The van der Waals surface area contributed by atoms with Crippen molar-refractivity contribution in [1.82, 2.24) is 5.32 Å². The van der Waals surface area contributed by atoms with Crippen LogP contribution in [0.5, 0.6) is 0 Å². The van der Waals surface area contributed by atoms with Gasteiger partial charge in [0.15, 0.2) is 0 Å². The van der Waals surface area contributed by atoms with Crippen molar-refractivity contribution in [2.75, 3.05) is 12.8 Å². The summed E-state index contributed by atoms with van der Waals surface area (Å²) in [5.74, 6) is -0.353. The molecule has 2 rings (SSSR count). The largest absolute Gasteiger partial charge is 0.302 e. The first kappa shape index (κ1) is 13.3. The van der Waals surface area contributed by atoms with E-state index in [-0.39, 0.29) is 0 Å². The Morgan fingerprint density at radius 1 is 1.50 bits per heavy atom. The molecule has 1 saturated carbocycles. The van der Waals surface area contributed by atoms with Crippen LogP contribution in [0.2, 0.25) is 0 Å². The van der Waals surface area contributed by atoms with Crippen molar-refractivity contribution in [3.63, 3.8) is 0 Å². The van der Waals surface area contributed by atoms with Gasteiger partial charge in [-0.15, -0.1) is 11.8 Å². The van der Waals surface area contributed by atoms with Crippen molar-refractivity contribution in [2.45, 2.75) is 23.3 Å². The summed E-state index contributed by atoms with van der Waals surface area (Å²) in [5.41, 5.74) is -0.606. The van der Waals surface area contributed by atoms with Crippen LogP contribution in [0.1, 0.15) is 12.8 Å². The lowest BCUT2D eigenvalue weighted by Gasteiger charge is -2.25. The topological polar surface area (TPSA) is 35.8 Å². The van der Waals surface area contributed by atoms with Gasteiger partial charge in [-0.3, -0.25) is 0 Å². The number of hydrogen-bond donors (Lipinski definition) is 1. The highest BCUT2D eigenvalue weighted by Gasteiger charge is 2.44. The maximum Gasteiger partial charge on any atom is 0.139 e. The second kappa shape index (κ2) is 5.25. The second-order valence-electron chi connectivity index (χ2n) is 4.47. The van der Waals surface area contributed by atoms with E-state index in [2.05, 4.69) is 11.4 Å². The van der Waals surface area contributed by atoms with Gasteiger partial charge in [-0.1, -0.05) is 0 Å². The van der Waals surface area contributed by atoms with Crippen LogP contribution < -0.4 is 5.32 Å². The average Bonchev–Trinajstić information content (AvgIpc) is 3.18. The third kappa shape index (κ3) is 2.65. The molecule has 1 aliphatic carbocycles. The standard InChI is InChI=1S/C13H14F2N2S/c1-17-13(7-16,9-2-3-9)8-18-12-5-4-10(14)6-11(12)15/h4-6,9,17H,2-3,8H2,1H3. The predicted molar refractivity (Wildman–Crippen MR) is 67.2 cm³/mol. The van der Waals surface area contributed by atoms with E-state index >= 15 is 0 Å². The van der Waals surface area contributed by atoms with Crippen molar-refractivity contribution in [3.8, 4) is 6.07 Å². The van der Waals surface area contributed by atoms with E-state index < -0.39 is 17.2 Å². The molecule has 1 aromatic carbocycles. The first-order valence-electron chi connectivity index (χ1n) is 5.79. The Balaban J connectivity index is 2.08. The van der Waals surface area contributed by atoms with Gasteiger partial charge in [-0.05, 0) is 37.9 Å². The van der Waals surface area contributed by atoms with Gasteiger partial charge in [-0.2, -0.15) is 5.26 Å². The van der Waals surface area contributed by atoms with Gasteiger partial charge in [0.05, 0.1) is 6.07 Å². The molecule has 0 heterocycles. The SMILES string of the molecule is CNC(C#N)(CSc1ccc(F)cc1F)C1CC1. The molecule has 1 N–H and O–H groups in total. The summed E-state index contributed by atoms with van der Waals surface area (Å²) in [7, 11) is 1.75. The molecule has 0 radical (unpaired) electrons. The monoisotopic (exact) mass is 268 g/mol. The lowest BCUT2D eigenvalue weighted by molar-refractivity contribution is 0.441. The minimum Gasteiger partial charge on any atom is -0.302 e. The van der Waals surface area contributed by atoms with Crippen molar-refractivity contribution in [1.29, 1.82) is 5.26 Å². The highest BCUT2D eigenvalue weighted by Crippen LogP contribution is 2.42. The third-order valence-electron chi connectivity index (χ3n) is 3.27. The third-order valence-corrected chi connectivity index (χ3v) is 4.51. The molecule has 1 fully saturated rings. The summed E-state index contributed by atoms with van der Waals surface area (Å²) < 4.78 is 26.3. The molecule has 1 aliphatic rings. The van der Waals surface area contributed by atoms with Crippen LogP contribution in [-0.4, -0.2) is 18.3 Å². The average molecular weight is 268 g/mol. The second-order valence-corrected chi connectivity index (χ2v) is 5.49. The predicted octanol–water partition coefficient (Wildman–Crippen LogP) is 2.95. The minimum absolute atomic E-state index is 0.337. The molecule has 0 saturated heterocycles. The van der Waals surface area contributed by atoms with Crippen LogP contribution in [-0.2, 0) is 0 Å². The van der Waals surface area contributed by atoms with E-state index in [0.717, 1.165) is 18.9 Å². The van der Waals surface area contributed by atoms with Gasteiger partial charge in [0.25, 0.3) is 0 Å². The molecule has 1 aromatic rings. The lowest BCUT2D eigenvalue weighted by Crippen LogP contribution is -2.46. The fourth-order valence-corrected chi connectivity index (χ4v) is 3.12. The van der Waals surface area contributed by atoms with Gasteiger partial charge >= 0.3 is 0 Å². The summed E-state index contributed by atoms with van der Waals surface area (Å²) in [6.07, 6.45) is 2.06. The maximum atomic E-state index is 13.5. The van der Waals surface area contributed by atoms with Crippen LogP contribution in [0.25, 0.3) is 0 Å². The van der Waals surface area contributed by atoms with Gasteiger partial charge in [0.2, 0.25) is 0 Å². The van der Waals surface area contributed by atoms with Crippen LogP contribution in [0.4, 0.5) is 8.78 Å². The molecule has 0 amide bonds. The highest BCUT2D eigenvalue weighted by molar-refractivity contribution is 7.99. The molecule has 96 valence electrons. The zero-order chi connectivity index (χ0) is 13.2. The maximum absolute atomic E-state index is 13.5. The van der Waals surface area contributed by atoms with E-state index in [1.165, 1.54) is 23.9 Å². The Hall–Kier alpha value is -1.12. The van der Waals surface area contributed by atoms with Crippen LogP contribution in [0, 0.1) is 28.9 Å². The Morgan fingerprint density at radius 3 is 2.72 bits per heavy atom. The number of benzene rings is 1. The number of nitrogens with one attached hydrogen (secondary N) is 1. The van der Waals surface area contributed by atoms with E-state index in [0.29, 0.717) is 16.6 Å². The Bertz CT molecular complexity index is 482. The molecule has 0 spiro atoms. The zero-order valence-electron chi connectivity index (χ0n) is 10.0. The number of nitrogens with zero attached hydrogens (tertiary/aromatic N) is 1. The fourth-order valence-electron chi connectivity index (χ4n) is 1.93. The highest BCUT2D eigenvalue weighted by atomic mass is 32.2. The van der Waals surface area contributed by atoms with Crippen LogP contribution in [0.3, 0.4) is 0 Å². The van der Waals surface area contributed by atoms with E-state index in [1.54, 1.807) is 7.05 Å². The number of rotatable bonds is 5. The number of thioether (sulfide) groups is 1. The lowest BCUT2D eigenvalue weighted by atomic mass is 9.98. The molecule has 0 aromatic heterocycles. The Labute approximate surface area is 109 Å². The molecule has 1 unspecified atom stereocenters. The van der Waals surface area contributed by atoms with Crippen molar-refractivity contribution >= 4 is 11.8 Å². The summed E-state index contributed by atoms with van der Waals surface area (Å²) in [4.78, 5) is 0.381. The first-order valence-corrected chi connectivity index (χ1v) is 6.78. The molecule has 18 heavy (non-hydrogen) atoms. The zero-order valence-corrected chi connectivity index (χ0v) is 10.9. The quantitative estimate of drug-likeness (QED) is 0.834. The van der Waals surface area contributed by atoms with Gasteiger partial charge in [0, 0.05) is 16.7 Å². The molecular formula is C13H14F2N2S. The van der Waals surface area contributed by atoms with E-state index in [1.807, 2.05) is 0 Å². The molecule has 1 atom stereocenters. The first-order chi connectivity index (χ1) is 8.61. The summed E-state index contributed by atoms with van der Waals surface area (Å²) in [6.45, 7) is 0. The summed E-state index contributed by atoms with van der Waals surface area (Å²) in [5, 5.41) is 12.3. The molecule has 5 heteroatoms. The number of hydrogen-bond acceptors (Lipinski definition) is 3. The molecule has 2 nitrogen and oxygen atoms in total. The number of halogens is 2. The van der Waals surface area contributed by atoms with E-state index in [4.69, 9.17) is 0 Å². The Kier molecular flexibility index (Phi) is 3.88. The minimum atomic E-state index is -0.606. The molecule has 0 bridgehead atoms. The fraction of sp³-hybridized carbons (Fsp3) is 0.462. The normalized spacial score (nSPS) is 18.1. The van der Waals surface area contributed by atoms with E-state index in [9.17, 15) is 14.0 Å². The van der Waals surface area contributed by atoms with Crippen LogP contribution in [0.15, 0.2) is 23.1 Å². The molecular weight excluding hydrogens is 254 g/mol. The van der Waals surface area contributed by atoms with Crippen molar-refractivity contribution in [3.05, 3.63) is 29.8 Å². The van der Waals surface area contributed by atoms with Crippen molar-refractivity contribution in [2.24, 2.45) is 5.92 Å². The number of nitriles is 1. The molecule has 0 aliphatic heterocycles. The van der Waals surface area contributed by atoms with Crippen molar-refractivity contribution < 1.29 is 8.78 Å².